The maximum Gasteiger partial charge on any atom is 0.305 e. The number of allylic oxidation sites excluding steroid dienone is 5. The zero-order chi connectivity index (χ0) is 47.2. The highest BCUT2D eigenvalue weighted by Gasteiger charge is 2.18. The van der Waals surface area contributed by atoms with Crippen LogP contribution in [0.5, 0.6) is 0 Å². The summed E-state index contributed by atoms with van der Waals surface area (Å²) < 4.78 is 5.46. The minimum Gasteiger partial charge on any atom is -0.466 e. The zero-order valence-corrected chi connectivity index (χ0v) is 43.5. The molecule has 0 fully saturated rings. The minimum absolute atomic E-state index is 0.0190. The molecule has 0 aromatic heterocycles. The number of aliphatic hydroxyl groups excluding tert-OH is 2. The lowest BCUT2D eigenvalue weighted by Crippen LogP contribution is -2.45. The highest BCUT2D eigenvalue weighted by atomic mass is 16.5. The number of esters is 1. The molecule has 0 rings (SSSR count). The Morgan fingerprint density at radius 2 is 0.754 bits per heavy atom. The van der Waals surface area contributed by atoms with Gasteiger partial charge < -0.3 is 20.3 Å². The molecule has 1 amide bonds. The van der Waals surface area contributed by atoms with E-state index in [4.69, 9.17) is 4.74 Å². The van der Waals surface area contributed by atoms with Gasteiger partial charge >= 0.3 is 5.97 Å². The van der Waals surface area contributed by atoms with E-state index in [1.165, 1.54) is 199 Å². The first-order valence-electron chi connectivity index (χ1n) is 28.8. The molecule has 0 bridgehead atoms. The Labute approximate surface area is 404 Å². The summed E-state index contributed by atoms with van der Waals surface area (Å²) in [5.41, 5.74) is 0. The molecule has 6 nitrogen and oxygen atoms in total. The van der Waals surface area contributed by atoms with Crippen LogP contribution in [0.2, 0.25) is 0 Å². The second-order valence-electron chi connectivity index (χ2n) is 19.7. The SMILES string of the molecule is CCCCCCCCCCCCCCCC/C=C/C(O)C(CO)NC(=O)CCCCCCCC/C=C\C=C/CCCCCOC(=O)CCCCCCCCCCCCCCCCCCC. The van der Waals surface area contributed by atoms with E-state index in [0.29, 0.717) is 19.4 Å². The Hall–Kier alpha value is -1.92. The smallest absolute Gasteiger partial charge is 0.305 e. The molecular formula is C59H111NO5. The number of aliphatic hydroxyl groups is 2. The monoisotopic (exact) mass is 914 g/mol. The molecule has 0 saturated heterocycles. The maximum atomic E-state index is 12.4. The standard InChI is InChI=1S/C59H111NO5/c1-3-5-7-9-11-13-15-17-19-21-25-29-33-37-41-45-49-53-59(64)65-54-50-46-42-38-34-30-26-22-24-28-32-36-40-44-48-52-58(63)60-56(55-61)57(62)51-47-43-39-35-31-27-23-20-18-16-14-12-10-8-6-4-2/h22,26,30,34,47,51,56-57,61-62H,3-21,23-25,27-29,31-33,35-46,48-50,52-55H2,1-2H3,(H,60,63)/b26-22-,34-30-,51-47+. The van der Waals surface area contributed by atoms with Crippen molar-refractivity contribution in [1.82, 2.24) is 5.32 Å². The van der Waals surface area contributed by atoms with Crippen LogP contribution in [0.3, 0.4) is 0 Å². The second kappa shape index (κ2) is 54.7. The van der Waals surface area contributed by atoms with Crippen molar-refractivity contribution in [2.24, 2.45) is 0 Å². The van der Waals surface area contributed by atoms with Gasteiger partial charge in [-0.3, -0.25) is 9.59 Å². The average molecular weight is 915 g/mol. The molecule has 2 unspecified atom stereocenters. The van der Waals surface area contributed by atoms with Gasteiger partial charge in [-0.05, 0) is 64.2 Å². The first kappa shape index (κ1) is 63.1. The summed E-state index contributed by atoms with van der Waals surface area (Å²) in [5, 5.41) is 23.1. The highest BCUT2D eigenvalue weighted by molar-refractivity contribution is 5.76. The van der Waals surface area contributed by atoms with Gasteiger partial charge in [-0.25, -0.2) is 0 Å². The molecule has 65 heavy (non-hydrogen) atoms. The Morgan fingerprint density at radius 1 is 0.431 bits per heavy atom. The lowest BCUT2D eigenvalue weighted by Gasteiger charge is -2.20. The van der Waals surface area contributed by atoms with Crippen LogP contribution in [0, 0.1) is 0 Å². The Bertz CT molecular complexity index is 1060. The van der Waals surface area contributed by atoms with E-state index in [2.05, 4.69) is 43.5 Å². The largest absolute Gasteiger partial charge is 0.466 e. The predicted molar refractivity (Wildman–Crippen MR) is 283 cm³/mol. The van der Waals surface area contributed by atoms with Gasteiger partial charge in [0.2, 0.25) is 5.91 Å². The van der Waals surface area contributed by atoms with Crippen LogP contribution < -0.4 is 5.32 Å². The Morgan fingerprint density at radius 3 is 1.14 bits per heavy atom. The first-order chi connectivity index (χ1) is 32.0. The third-order valence-corrected chi connectivity index (χ3v) is 13.2. The lowest BCUT2D eigenvalue weighted by molar-refractivity contribution is -0.143. The molecule has 0 aliphatic heterocycles. The summed E-state index contributed by atoms with van der Waals surface area (Å²) in [6.07, 6.45) is 67.3. The van der Waals surface area contributed by atoms with Crippen molar-refractivity contribution in [3.8, 4) is 0 Å². The molecule has 3 N–H and O–H groups in total. The van der Waals surface area contributed by atoms with Crippen LogP contribution in [-0.4, -0.2) is 47.4 Å². The van der Waals surface area contributed by atoms with Crippen LogP contribution in [0.4, 0.5) is 0 Å². The topological polar surface area (TPSA) is 95.9 Å². The van der Waals surface area contributed by atoms with E-state index < -0.39 is 12.1 Å². The first-order valence-corrected chi connectivity index (χ1v) is 28.8. The third kappa shape index (κ3) is 51.3. The van der Waals surface area contributed by atoms with Crippen molar-refractivity contribution >= 4 is 11.9 Å². The summed E-state index contributed by atoms with van der Waals surface area (Å²) in [4.78, 5) is 24.5. The van der Waals surface area contributed by atoms with Crippen molar-refractivity contribution in [3.05, 3.63) is 36.5 Å². The molecule has 0 aliphatic rings. The van der Waals surface area contributed by atoms with Crippen molar-refractivity contribution in [1.29, 1.82) is 0 Å². The van der Waals surface area contributed by atoms with Crippen LogP contribution in [0.15, 0.2) is 36.5 Å². The van der Waals surface area contributed by atoms with E-state index in [1.807, 2.05) is 6.08 Å². The van der Waals surface area contributed by atoms with Gasteiger partial charge in [0.1, 0.15) is 0 Å². The van der Waals surface area contributed by atoms with E-state index in [9.17, 15) is 19.8 Å². The summed E-state index contributed by atoms with van der Waals surface area (Å²) in [6.45, 7) is 4.86. The number of carbonyl (C=O) groups excluding carboxylic acids is 2. The van der Waals surface area contributed by atoms with Gasteiger partial charge in [0.05, 0.1) is 25.4 Å². The van der Waals surface area contributed by atoms with Crippen molar-refractivity contribution in [2.45, 2.75) is 315 Å². The van der Waals surface area contributed by atoms with Crippen molar-refractivity contribution in [2.75, 3.05) is 13.2 Å². The van der Waals surface area contributed by atoms with Gasteiger partial charge in [-0.15, -0.1) is 0 Å². The summed E-state index contributed by atoms with van der Waals surface area (Å²) in [6, 6.07) is -0.644. The Balaban J connectivity index is 3.53. The molecule has 2 atom stereocenters. The normalized spacial score (nSPS) is 12.9. The number of carbonyl (C=O) groups is 2. The molecule has 0 aromatic rings. The fourth-order valence-electron chi connectivity index (χ4n) is 8.74. The predicted octanol–water partition coefficient (Wildman–Crippen LogP) is 17.6. The number of rotatable bonds is 53. The van der Waals surface area contributed by atoms with Crippen LogP contribution in [-0.2, 0) is 14.3 Å². The molecule has 0 heterocycles. The van der Waals surface area contributed by atoms with Crippen molar-refractivity contribution in [3.63, 3.8) is 0 Å². The second-order valence-corrected chi connectivity index (χ2v) is 19.7. The Kier molecular flexibility index (Phi) is 53.1. The molecule has 0 radical (unpaired) electrons. The van der Waals surface area contributed by atoms with Crippen LogP contribution in [0.25, 0.3) is 0 Å². The minimum atomic E-state index is -0.859. The fourth-order valence-corrected chi connectivity index (χ4v) is 8.74. The van der Waals surface area contributed by atoms with Gasteiger partial charge in [0.15, 0.2) is 0 Å². The van der Waals surface area contributed by atoms with E-state index in [1.54, 1.807) is 6.08 Å². The maximum absolute atomic E-state index is 12.4. The molecule has 0 saturated carbocycles. The lowest BCUT2D eigenvalue weighted by atomic mass is 10.0. The van der Waals surface area contributed by atoms with Gasteiger partial charge in [-0.1, -0.05) is 262 Å². The van der Waals surface area contributed by atoms with E-state index in [0.717, 1.165) is 77.0 Å². The number of hydrogen-bond acceptors (Lipinski definition) is 5. The number of ether oxygens (including phenoxy) is 1. The van der Waals surface area contributed by atoms with Crippen molar-refractivity contribution < 1.29 is 24.5 Å². The number of amides is 1. The molecule has 6 heteroatoms. The molecule has 0 spiro atoms. The summed E-state index contributed by atoms with van der Waals surface area (Å²) in [7, 11) is 0. The van der Waals surface area contributed by atoms with E-state index >= 15 is 0 Å². The zero-order valence-electron chi connectivity index (χ0n) is 43.5. The third-order valence-electron chi connectivity index (χ3n) is 13.2. The van der Waals surface area contributed by atoms with Crippen LogP contribution >= 0.6 is 0 Å². The number of unbranched alkanes of at least 4 members (excludes halogenated alkanes) is 39. The summed E-state index contributed by atoms with van der Waals surface area (Å²) >= 11 is 0. The average Bonchev–Trinajstić information content (AvgIpc) is 3.31. The summed E-state index contributed by atoms with van der Waals surface area (Å²) in [5.74, 6) is -0.109. The molecule has 382 valence electrons. The molecule has 0 aromatic carbocycles. The highest BCUT2D eigenvalue weighted by Crippen LogP contribution is 2.16. The van der Waals surface area contributed by atoms with Crippen LogP contribution in [0.1, 0.15) is 303 Å². The quantitative estimate of drug-likeness (QED) is 0.0244. The molecule has 0 aliphatic carbocycles. The molecular weight excluding hydrogens is 803 g/mol. The van der Waals surface area contributed by atoms with Gasteiger partial charge in [0, 0.05) is 12.8 Å². The van der Waals surface area contributed by atoms with Gasteiger partial charge in [-0.2, -0.15) is 0 Å². The van der Waals surface area contributed by atoms with E-state index in [-0.39, 0.29) is 18.5 Å². The van der Waals surface area contributed by atoms with Gasteiger partial charge in [0.25, 0.3) is 0 Å². The number of hydrogen-bond donors (Lipinski definition) is 3. The number of nitrogens with one attached hydrogen (secondary N) is 1. The fraction of sp³-hybridized carbons (Fsp3) is 0.864.